The van der Waals surface area contributed by atoms with Gasteiger partial charge in [-0.1, -0.05) is 32.6 Å². The van der Waals surface area contributed by atoms with Crippen LogP contribution < -0.4 is 10.6 Å². The Morgan fingerprint density at radius 2 is 1.85 bits per heavy atom. The number of unbranched alkanes of at least 4 members (excludes halogenated alkanes) is 5. The van der Waals surface area contributed by atoms with Gasteiger partial charge in [0, 0.05) is 33.4 Å². The molecule has 2 N–H and O–H groups in total. The van der Waals surface area contributed by atoms with E-state index < -0.39 is 0 Å². The van der Waals surface area contributed by atoms with E-state index in [1.165, 1.54) is 38.5 Å². The minimum Gasteiger partial charge on any atom is -0.385 e. The maximum atomic E-state index is 5.04. The Morgan fingerprint density at radius 3 is 2.50 bits per heavy atom. The van der Waals surface area contributed by atoms with Crippen LogP contribution in [0.15, 0.2) is 4.99 Å². The van der Waals surface area contributed by atoms with E-state index in [0.29, 0.717) is 6.04 Å². The fourth-order valence-corrected chi connectivity index (χ4v) is 2.13. The first kappa shape index (κ1) is 19.2. The third-order valence-electron chi connectivity index (χ3n) is 3.42. The number of nitrogens with zero attached hydrogens (tertiary/aromatic N) is 1. The summed E-state index contributed by atoms with van der Waals surface area (Å²) in [6, 6.07) is 0.492. The SMILES string of the molecule is CCCCCCC(C)NC(=NC)NCCCCCOC. The van der Waals surface area contributed by atoms with E-state index >= 15 is 0 Å². The molecule has 0 radical (unpaired) electrons. The third-order valence-corrected chi connectivity index (χ3v) is 3.42. The zero-order chi connectivity index (χ0) is 15.1. The van der Waals surface area contributed by atoms with Crippen molar-refractivity contribution in [2.75, 3.05) is 27.3 Å². The summed E-state index contributed by atoms with van der Waals surface area (Å²) < 4.78 is 5.04. The second-order valence-corrected chi connectivity index (χ2v) is 5.45. The van der Waals surface area contributed by atoms with Crippen LogP contribution >= 0.6 is 0 Å². The number of aliphatic imine (C=N–C) groups is 1. The van der Waals surface area contributed by atoms with E-state index in [2.05, 4.69) is 29.5 Å². The molecule has 0 amide bonds. The summed E-state index contributed by atoms with van der Waals surface area (Å²) in [6.45, 7) is 6.32. The number of guanidine groups is 1. The van der Waals surface area contributed by atoms with Crippen molar-refractivity contribution < 1.29 is 4.74 Å². The van der Waals surface area contributed by atoms with E-state index in [0.717, 1.165) is 32.0 Å². The molecule has 0 rings (SSSR count). The molecular formula is C16H35N3O. The Morgan fingerprint density at radius 1 is 1.10 bits per heavy atom. The zero-order valence-electron chi connectivity index (χ0n) is 14.0. The quantitative estimate of drug-likeness (QED) is 0.328. The second-order valence-electron chi connectivity index (χ2n) is 5.45. The normalized spacial score (nSPS) is 13.3. The zero-order valence-corrected chi connectivity index (χ0v) is 14.0. The van der Waals surface area contributed by atoms with E-state index in [1.807, 2.05) is 7.05 Å². The Bertz CT molecular complexity index is 232. The molecule has 0 spiro atoms. The largest absolute Gasteiger partial charge is 0.385 e. The van der Waals surface area contributed by atoms with Crippen LogP contribution in [0.4, 0.5) is 0 Å². The average molecular weight is 285 g/mol. The van der Waals surface area contributed by atoms with E-state index in [4.69, 9.17) is 4.74 Å². The highest BCUT2D eigenvalue weighted by Gasteiger charge is 2.04. The van der Waals surface area contributed by atoms with Gasteiger partial charge in [-0.3, -0.25) is 4.99 Å². The van der Waals surface area contributed by atoms with E-state index in [-0.39, 0.29) is 0 Å². The molecule has 4 nitrogen and oxygen atoms in total. The van der Waals surface area contributed by atoms with Crippen LogP contribution in [0.25, 0.3) is 0 Å². The minimum absolute atomic E-state index is 0.492. The van der Waals surface area contributed by atoms with Crippen LogP contribution in [0, 0.1) is 0 Å². The summed E-state index contributed by atoms with van der Waals surface area (Å²) in [5.41, 5.74) is 0. The molecule has 0 fully saturated rings. The van der Waals surface area contributed by atoms with E-state index in [1.54, 1.807) is 7.11 Å². The van der Waals surface area contributed by atoms with Crippen molar-refractivity contribution in [2.45, 2.75) is 71.3 Å². The Labute approximate surface area is 125 Å². The predicted octanol–water partition coefficient (Wildman–Crippen LogP) is 3.33. The standard InChI is InChI=1S/C16H35N3O/c1-5-6-7-9-12-15(2)19-16(17-3)18-13-10-8-11-14-20-4/h15H,5-14H2,1-4H3,(H2,17,18,19). The van der Waals surface area contributed by atoms with Crippen LogP contribution in [0.1, 0.15) is 65.2 Å². The van der Waals surface area contributed by atoms with Gasteiger partial charge in [-0.15, -0.1) is 0 Å². The van der Waals surface area contributed by atoms with Crippen molar-refractivity contribution in [3.05, 3.63) is 0 Å². The highest BCUT2D eigenvalue weighted by molar-refractivity contribution is 5.79. The molecule has 0 saturated heterocycles. The Balaban J connectivity index is 3.59. The summed E-state index contributed by atoms with van der Waals surface area (Å²) in [4.78, 5) is 4.28. The van der Waals surface area contributed by atoms with Gasteiger partial charge in [0.05, 0.1) is 0 Å². The number of rotatable bonds is 12. The lowest BCUT2D eigenvalue weighted by atomic mass is 10.1. The van der Waals surface area contributed by atoms with Crippen LogP contribution in [-0.2, 0) is 4.74 Å². The van der Waals surface area contributed by atoms with Gasteiger partial charge >= 0.3 is 0 Å². The summed E-state index contributed by atoms with van der Waals surface area (Å²) in [5, 5.41) is 6.84. The highest BCUT2D eigenvalue weighted by Crippen LogP contribution is 2.05. The molecule has 0 aromatic carbocycles. The first-order chi connectivity index (χ1) is 9.74. The van der Waals surface area contributed by atoms with Crippen LogP contribution in [0.2, 0.25) is 0 Å². The molecule has 0 aliphatic heterocycles. The minimum atomic E-state index is 0.492. The molecule has 120 valence electrons. The fourth-order valence-electron chi connectivity index (χ4n) is 2.13. The molecule has 20 heavy (non-hydrogen) atoms. The molecular weight excluding hydrogens is 250 g/mol. The lowest BCUT2D eigenvalue weighted by Crippen LogP contribution is -2.42. The van der Waals surface area contributed by atoms with Gasteiger partial charge in [0.25, 0.3) is 0 Å². The predicted molar refractivity (Wildman–Crippen MR) is 88.4 cm³/mol. The topological polar surface area (TPSA) is 45.7 Å². The van der Waals surface area contributed by atoms with Gasteiger partial charge in [0.1, 0.15) is 0 Å². The Hall–Kier alpha value is -0.770. The molecule has 1 atom stereocenters. The molecule has 0 aliphatic carbocycles. The number of methoxy groups -OCH3 is 1. The number of hydrogen-bond donors (Lipinski definition) is 2. The molecule has 0 heterocycles. The van der Waals surface area contributed by atoms with Gasteiger partial charge in [0.15, 0.2) is 5.96 Å². The average Bonchev–Trinajstić information content (AvgIpc) is 2.46. The van der Waals surface area contributed by atoms with Crippen molar-refractivity contribution in [3.8, 4) is 0 Å². The lowest BCUT2D eigenvalue weighted by Gasteiger charge is -2.17. The molecule has 0 aromatic heterocycles. The Kier molecular flexibility index (Phi) is 14.1. The first-order valence-corrected chi connectivity index (χ1v) is 8.20. The number of ether oxygens (including phenoxy) is 1. The lowest BCUT2D eigenvalue weighted by molar-refractivity contribution is 0.192. The highest BCUT2D eigenvalue weighted by atomic mass is 16.5. The molecule has 0 saturated carbocycles. The van der Waals surface area contributed by atoms with Gasteiger partial charge in [-0.2, -0.15) is 0 Å². The fraction of sp³-hybridized carbons (Fsp3) is 0.938. The van der Waals surface area contributed by atoms with Gasteiger partial charge in [-0.25, -0.2) is 0 Å². The van der Waals surface area contributed by atoms with Crippen LogP contribution in [-0.4, -0.2) is 39.3 Å². The smallest absolute Gasteiger partial charge is 0.191 e. The van der Waals surface area contributed by atoms with Gasteiger partial charge < -0.3 is 15.4 Å². The number of nitrogens with one attached hydrogen (secondary N) is 2. The third kappa shape index (κ3) is 12.3. The molecule has 0 aromatic rings. The molecule has 0 aliphatic rings. The van der Waals surface area contributed by atoms with Crippen LogP contribution in [0.3, 0.4) is 0 Å². The summed E-state index contributed by atoms with van der Waals surface area (Å²) in [6.07, 6.45) is 10.0. The first-order valence-electron chi connectivity index (χ1n) is 8.20. The van der Waals surface area contributed by atoms with Crippen molar-refractivity contribution in [1.29, 1.82) is 0 Å². The van der Waals surface area contributed by atoms with Gasteiger partial charge in [0.2, 0.25) is 0 Å². The van der Waals surface area contributed by atoms with Crippen molar-refractivity contribution in [2.24, 2.45) is 4.99 Å². The molecule has 4 heteroatoms. The van der Waals surface area contributed by atoms with Crippen molar-refractivity contribution in [3.63, 3.8) is 0 Å². The van der Waals surface area contributed by atoms with Crippen LogP contribution in [0.5, 0.6) is 0 Å². The summed E-state index contributed by atoms with van der Waals surface area (Å²) >= 11 is 0. The maximum absolute atomic E-state index is 5.04. The van der Waals surface area contributed by atoms with Gasteiger partial charge in [-0.05, 0) is 32.6 Å². The monoisotopic (exact) mass is 285 g/mol. The van der Waals surface area contributed by atoms with Crippen molar-refractivity contribution >= 4 is 5.96 Å². The summed E-state index contributed by atoms with van der Waals surface area (Å²) in [5.74, 6) is 0.930. The molecule has 0 bridgehead atoms. The van der Waals surface area contributed by atoms with E-state index in [9.17, 15) is 0 Å². The maximum Gasteiger partial charge on any atom is 0.191 e. The van der Waals surface area contributed by atoms with Crippen molar-refractivity contribution in [1.82, 2.24) is 10.6 Å². The molecule has 1 unspecified atom stereocenters. The number of hydrogen-bond acceptors (Lipinski definition) is 2. The second kappa shape index (κ2) is 14.6. The summed E-state index contributed by atoms with van der Waals surface area (Å²) in [7, 11) is 3.59.